The van der Waals surface area contributed by atoms with Crippen LogP contribution in [0.25, 0.3) is 11.3 Å². The van der Waals surface area contributed by atoms with Gasteiger partial charge in [0.2, 0.25) is 0 Å². The van der Waals surface area contributed by atoms with Crippen LogP contribution >= 0.6 is 0 Å². The molecule has 2 aromatic carbocycles. The molecule has 4 rings (SSSR count). The minimum atomic E-state index is -0.250. The Kier molecular flexibility index (Phi) is 4.94. The van der Waals surface area contributed by atoms with Crippen molar-refractivity contribution in [2.24, 2.45) is 0 Å². The summed E-state index contributed by atoms with van der Waals surface area (Å²) in [4.78, 5) is 1.50. The molecule has 140 valence electrons. The summed E-state index contributed by atoms with van der Waals surface area (Å²) in [5.41, 5.74) is 4.16. The Balaban J connectivity index is 1.51. The number of methoxy groups -OCH3 is 1. The number of benzene rings is 2. The van der Waals surface area contributed by atoms with Gasteiger partial charge in [0.05, 0.1) is 13.2 Å². The third-order valence-electron chi connectivity index (χ3n) is 5.27. The zero-order valence-corrected chi connectivity index (χ0v) is 15.7. The zero-order chi connectivity index (χ0) is 18.8. The smallest absolute Gasteiger partial charge is 0.170 e. The second-order valence-corrected chi connectivity index (χ2v) is 7.22. The van der Waals surface area contributed by atoms with E-state index >= 15 is 0 Å². The largest absolute Gasteiger partial charge is 0.497 e. The molecule has 0 aliphatic heterocycles. The first-order valence-electron chi connectivity index (χ1n) is 9.32. The Hall–Kier alpha value is -2.66. The predicted octanol–water partition coefficient (Wildman–Crippen LogP) is 3.55. The molecule has 1 aliphatic rings. The van der Waals surface area contributed by atoms with Gasteiger partial charge in [0.1, 0.15) is 30.4 Å². The molecular formula is C22H24FN2O2+. The van der Waals surface area contributed by atoms with E-state index in [1.807, 2.05) is 19.1 Å². The minimum Gasteiger partial charge on any atom is -0.497 e. The molecule has 1 fully saturated rings. The first-order chi connectivity index (χ1) is 13.1. The first kappa shape index (κ1) is 17.7. The quantitative estimate of drug-likeness (QED) is 0.694. The van der Waals surface area contributed by atoms with Gasteiger partial charge in [0.15, 0.2) is 5.76 Å². The van der Waals surface area contributed by atoms with Crippen LogP contribution < -0.4 is 9.64 Å². The normalized spacial score (nSPS) is 14.9. The van der Waals surface area contributed by atoms with Crippen LogP contribution in [-0.4, -0.2) is 18.3 Å². The SMILES string of the molecule is COc1ccc(C[NH+](Cc2noc(-c3ccc(F)cc3)c2C)C2CC2)cc1. The molecule has 0 amide bonds. The van der Waals surface area contributed by atoms with Crippen molar-refractivity contribution < 1.29 is 18.6 Å². The second kappa shape index (κ2) is 7.53. The molecule has 5 heteroatoms. The van der Waals surface area contributed by atoms with Crippen LogP contribution in [0.3, 0.4) is 0 Å². The van der Waals surface area contributed by atoms with Crippen LogP contribution in [0, 0.1) is 12.7 Å². The van der Waals surface area contributed by atoms with E-state index in [1.54, 1.807) is 19.2 Å². The Bertz CT molecular complexity index is 899. The van der Waals surface area contributed by atoms with E-state index in [0.29, 0.717) is 6.04 Å². The molecule has 3 aromatic rings. The molecule has 0 bridgehead atoms. The fourth-order valence-electron chi connectivity index (χ4n) is 3.47. The Labute approximate surface area is 158 Å². The van der Waals surface area contributed by atoms with Crippen molar-refractivity contribution >= 4 is 0 Å². The third kappa shape index (κ3) is 4.03. The lowest BCUT2D eigenvalue weighted by Gasteiger charge is -2.18. The van der Waals surface area contributed by atoms with Gasteiger partial charge in [-0.1, -0.05) is 5.16 Å². The first-order valence-corrected chi connectivity index (χ1v) is 9.32. The molecule has 1 N–H and O–H groups in total. The van der Waals surface area contributed by atoms with Gasteiger partial charge >= 0.3 is 0 Å². The van der Waals surface area contributed by atoms with Gasteiger partial charge in [-0.3, -0.25) is 0 Å². The number of nitrogens with zero attached hydrogens (tertiary/aromatic N) is 1. The summed E-state index contributed by atoms with van der Waals surface area (Å²) in [5, 5.41) is 4.32. The second-order valence-electron chi connectivity index (χ2n) is 7.22. The summed E-state index contributed by atoms with van der Waals surface area (Å²) in [7, 11) is 1.68. The lowest BCUT2D eigenvalue weighted by Crippen LogP contribution is -3.10. The van der Waals surface area contributed by atoms with Crippen molar-refractivity contribution in [1.29, 1.82) is 0 Å². The Morgan fingerprint density at radius 1 is 1.07 bits per heavy atom. The number of hydrogen-bond donors (Lipinski definition) is 1. The maximum Gasteiger partial charge on any atom is 0.170 e. The van der Waals surface area contributed by atoms with Gasteiger partial charge in [-0.25, -0.2) is 4.39 Å². The Morgan fingerprint density at radius 3 is 2.41 bits per heavy atom. The van der Waals surface area contributed by atoms with Gasteiger partial charge in [0.25, 0.3) is 0 Å². The number of ether oxygens (including phenoxy) is 1. The lowest BCUT2D eigenvalue weighted by molar-refractivity contribution is -0.938. The summed E-state index contributed by atoms with van der Waals surface area (Å²) in [5.74, 6) is 1.35. The van der Waals surface area contributed by atoms with Crippen molar-refractivity contribution in [2.45, 2.75) is 38.9 Å². The van der Waals surface area contributed by atoms with E-state index in [4.69, 9.17) is 9.26 Å². The number of quaternary nitrogens is 1. The van der Waals surface area contributed by atoms with Crippen LogP contribution in [0.2, 0.25) is 0 Å². The zero-order valence-electron chi connectivity index (χ0n) is 15.7. The Morgan fingerprint density at radius 2 is 1.78 bits per heavy atom. The minimum absolute atomic E-state index is 0.250. The molecule has 1 heterocycles. The maximum absolute atomic E-state index is 13.2. The van der Waals surface area contributed by atoms with E-state index < -0.39 is 0 Å². The topological polar surface area (TPSA) is 39.7 Å². The molecule has 27 heavy (non-hydrogen) atoms. The van der Waals surface area contributed by atoms with Gasteiger partial charge in [-0.2, -0.15) is 0 Å². The van der Waals surface area contributed by atoms with Gasteiger partial charge < -0.3 is 14.2 Å². The molecule has 1 saturated carbocycles. The highest BCUT2D eigenvalue weighted by Gasteiger charge is 2.34. The van der Waals surface area contributed by atoms with E-state index in [0.717, 1.165) is 41.4 Å². The molecular weight excluding hydrogens is 343 g/mol. The van der Waals surface area contributed by atoms with Gasteiger partial charge in [0, 0.05) is 29.5 Å². The number of nitrogens with one attached hydrogen (secondary N) is 1. The van der Waals surface area contributed by atoms with Crippen molar-refractivity contribution in [2.75, 3.05) is 7.11 Å². The molecule has 1 aliphatic carbocycles. The standard InChI is InChI=1S/C22H23FN2O2/c1-15-21(24-27-22(15)17-5-7-18(23)8-6-17)14-25(19-9-10-19)13-16-3-11-20(26-2)12-4-16/h3-8,11-12,19H,9-10,13-14H2,1-2H3/p+1. The number of aromatic nitrogens is 1. The summed E-state index contributed by atoms with van der Waals surface area (Å²) in [6.07, 6.45) is 2.51. The number of hydrogen-bond acceptors (Lipinski definition) is 3. The fraction of sp³-hybridized carbons (Fsp3) is 0.318. The average molecular weight is 367 g/mol. The molecule has 1 unspecified atom stereocenters. The summed E-state index contributed by atoms with van der Waals surface area (Å²) in [6.45, 7) is 3.81. The fourth-order valence-corrected chi connectivity index (χ4v) is 3.47. The van der Waals surface area contributed by atoms with E-state index in [9.17, 15) is 4.39 Å². The molecule has 0 radical (unpaired) electrons. The highest BCUT2D eigenvalue weighted by atomic mass is 19.1. The number of halogens is 1. The van der Waals surface area contributed by atoms with Crippen molar-refractivity contribution in [3.63, 3.8) is 0 Å². The molecule has 0 saturated heterocycles. The average Bonchev–Trinajstić information content (AvgIpc) is 3.48. The summed E-state index contributed by atoms with van der Waals surface area (Å²) < 4.78 is 24.0. The number of rotatable bonds is 7. The molecule has 1 atom stereocenters. The van der Waals surface area contributed by atoms with E-state index in [2.05, 4.69) is 17.3 Å². The summed E-state index contributed by atoms with van der Waals surface area (Å²) in [6, 6.07) is 15.3. The predicted molar refractivity (Wildman–Crippen MR) is 101 cm³/mol. The third-order valence-corrected chi connectivity index (χ3v) is 5.27. The molecule has 1 aromatic heterocycles. The van der Waals surface area contributed by atoms with Crippen LogP contribution in [0.5, 0.6) is 5.75 Å². The van der Waals surface area contributed by atoms with E-state index in [1.165, 1.54) is 35.4 Å². The summed E-state index contributed by atoms with van der Waals surface area (Å²) >= 11 is 0. The van der Waals surface area contributed by atoms with Crippen molar-refractivity contribution in [3.8, 4) is 17.1 Å². The van der Waals surface area contributed by atoms with Crippen molar-refractivity contribution in [1.82, 2.24) is 5.16 Å². The van der Waals surface area contributed by atoms with Gasteiger partial charge in [-0.15, -0.1) is 0 Å². The highest BCUT2D eigenvalue weighted by Crippen LogP contribution is 2.26. The van der Waals surface area contributed by atoms with Crippen molar-refractivity contribution in [3.05, 3.63) is 71.2 Å². The van der Waals surface area contributed by atoms with Crippen LogP contribution in [0.4, 0.5) is 4.39 Å². The highest BCUT2D eigenvalue weighted by molar-refractivity contribution is 5.61. The molecule has 4 nitrogen and oxygen atoms in total. The van der Waals surface area contributed by atoms with Crippen LogP contribution in [0.15, 0.2) is 53.1 Å². The van der Waals surface area contributed by atoms with Gasteiger partial charge in [-0.05, 0) is 55.5 Å². The van der Waals surface area contributed by atoms with Crippen LogP contribution in [-0.2, 0) is 13.1 Å². The lowest BCUT2D eigenvalue weighted by atomic mass is 10.1. The van der Waals surface area contributed by atoms with E-state index in [-0.39, 0.29) is 5.82 Å². The maximum atomic E-state index is 13.2. The molecule has 0 spiro atoms. The van der Waals surface area contributed by atoms with Crippen LogP contribution in [0.1, 0.15) is 29.7 Å². The monoisotopic (exact) mass is 367 g/mol.